The first-order valence-corrected chi connectivity index (χ1v) is 13.9. The van der Waals surface area contributed by atoms with E-state index < -0.39 is 76.4 Å². The molecule has 0 amide bonds. The lowest BCUT2D eigenvalue weighted by Crippen LogP contribution is -2.62. The Morgan fingerprint density at radius 3 is 2.32 bits per heavy atom. The molecule has 0 N–H and O–H groups in total. The van der Waals surface area contributed by atoms with Crippen molar-refractivity contribution in [2.75, 3.05) is 7.11 Å². The summed E-state index contributed by atoms with van der Waals surface area (Å²) in [6.45, 7) is 12.6. The lowest BCUT2D eigenvalue weighted by atomic mass is 9.46. The number of furan rings is 1. The van der Waals surface area contributed by atoms with E-state index in [1.165, 1.54) is 39.6 Å². The summed E-state index contributed by atoms with van der Waals surface area (Å²) >= 11 is 0. The Morgan fingerprint density at radius 1 is 1.05 bits per heavy atom. The Hall–Kier alpha value is -3.56. The predicted octanol–water partition coefficient (Wildman–Crippen LogP) is 4.59. The number of hydrogen-bond acceptors (Lipinski definition) is 10. The second-order valence-electron chi connectivity index (χ2n) is 12.7. The summed E-state index contributed by atoms with van der Waals surface area (Å²) in [6, 6.07) is 1.73. The molecule has 0 bridgehead atoms. The second kappa shape index (κ2) is 9.77. The molecule has 0 unspecified atom stereocenters. The van der Waals surface area contributed by atoms with Crippen molar-refractivity contribution < 1.29 is 47.3 Å². The van der Waals surface area contributed by atoms with Crippen LogP contribution in [-0.2, 0) is 42.9 Å². The Balaban J connectivity index is 1.76. The Bertz CT molecular complexity index is 1340. The third-order valence-electron chi connectivity index (χ3n) is 10.2. The van der Waals surface area contributed by atoms with Crippen molar-refractivity contribution in [3.8, 4) is 0 Å². The molecule has 41 heavy (non-hydrogen) atoms. The number of ether oxygens (including phenoxy) is 5. The van der Waals surface area contributed by atoms with E-state index in [9.17, 15) is 19.2 Å². The van der Waals surface area contributed by atoms with E-state index in [1.54, 1.807) is 6.07 Å². The molecule has 4 aliphatic rings. The van der Waals surface area contributed by atoms with E-state index >= 15 is 0 Å². The van der Waals surface area contributed by atoms with E-state index in [0.717, 1.165) is 5.57 Å². The van der Waals surface area contributed by atoms with Crippen molar-refractivity contribution in [2.24, 2.45) is 28.1 Å². The summed E-state index contributed by atoms with van der Waals surface area (Å²) in [4.78, 5) is 50.7. The van der Waals surface area contributed by atoms with Gasteiger partial charge in [-0.2, -0.15) is 0 Å². The van der Waals surface area contributed by atoms with Gasteiger partial charge in [-0.05, 0) is 37.0 Å². The van der Waals surface area contributed by atoms with Crippen molar-refractivity contribution in [3.63, 3.8) is 0 Å². The minimum atomic E-state index is -1.02. The molecule has 2 fully saturated rings. The SMILES string of the molecule is COC(=O)C[C@H]1C(C)(C)[C@H](OC(C)=O)C[C@@H]2OC3=C(C)C4=CC(=O)O[C@@H](c5ccoc5)[C@]4(C)[C@@H](OC(C)=O)[C@@H]3[C@@]21C. The van der Waals surface area contributed by atoms with Gasteiger partial charge in [-0.15, -0.1) is 0 Å². The highest BCUT2D eigenvalue weighted by molar-refractivity contribution is 5.86. The molecule has 0 radical (unpaired) electrons. The van der Waals surface area contributed by atoms with Gasteiger partial charge in [0, 0.05) is 49.2 Å². The maximum absolute atomic E-state index is 12.9. The van der Waals surface area contributed by atoms with Gasteiger partial charge in [0.1, 0.15) is 30.2 Å². The van der Waals surface area contributed by atoms with E-state index in [4.69, 9.17) is 28.1 Å². The number of esters is 4. The number of allylic oxidation sites excluding steroid dienone is 1. The van der Waals surface area contributed by atoms with Crippen LogP contribution in [0.3, 0.4) is 0 Å². The van der Waals surface area contributed by atoms with Crippen LogP contribution < -0.4 is 0 Å². The van der Waals surface area contributed by atoms with Crippen molar-refractivity contribution in [1.82, 2.24) is 0 Å². The first-order valence-electron chi connectivity index (χ1n) is 13.9. The van der Waals surface area contributed by atoms with Gasteiger partial charge in [-0.3, -0.25) is 14.4 Å². The molecule has 1 saturated heterocycles. The van der Waals surface area contributed by atoms with Crippen LogP contribution in [0.4, 0.5) is 0 Å². The van der Waals surface area contributed by atoms with Crippen LogP contribution in [0.25, 0.3) is 0 Å². The monoisotopic (exact) mass is 570 g/mol. The van der Waals surface area contributed by atoms with Crippen molar-refractivity contribution in [1.29, 1.82) is 0 Å². The molecule has 1 saturated carbocycles. The van der Waals surface area contributed by atoms with Crippen LogP contribution >= 0.6 is 0 Å². The van der Waals surface area contributed by atoms with E-state index in [0.29, 0.717) is 23.3 Å². The molecule has 2 aliphatic heterocycles. The zero-order chi connectivity index (χ0) is 30.1. The van der Waals surface area contributed by atoms with Gasteiger partial charge < -0.3 is 28.1 Å². The van der Waals surface area contributed by atoms with E-state index in [-0.39, 0.29) is 6.42 Å². The predicted molar refractivity (Wildman–Crippen MR) is 143 cm³/mol. The fourth-order valence-electron chi connectivity index (χ4n) is 8.21. The average molecular weight is 571 g/mol. The minimum absolute atomic E-state index is 0.0345. The molecule has 2 aliphatic carbocycles. The largest absolute Gasteiger partial charge is 0.493 e. The van der Waals surface area contributed by atoms with Crippen molar-refractivity contribution >= 4 is 23.9 Å². The second-order valence-corrected chi connectivity index (χ2v) is 12.7. The highest BCUT2D eigenvalue weighted by atomic mass is 16.6. The van der Waals surface area contributed by atoms with Gasteiger partial charge in [0.2, 0.25) is 0 Å². The normalized spacial score (nSPS) is 37.0. The molecular formula is C31H38O10. The van der Waals surface area contributed by atoms with Crippen LogP contribution in [0, 0.1) is 28.1 Å². The fraction of sp³-hybridized carbons (Fsp3) is 0.613. The zero-order valence-electron chi connectivity index (χ0n) is 24.8. The van der Waals surface area contributed by atoms with Crippen LogP contribution in [0.5, 0.6) is 0 Å². The fourth-order valence-corrected chi connectivity index (χ4v) is 8.21. The Kier molecular flexibility index (Phi) is 6.90. The molecular weight excluding hydrogens is 532 g/mol. The molecule has 10 nitrogen and oxygen atoms in total. The summed E-state index contributed by atoms with van der Waals surface area (Å²) in [5.74, 6) is -2.18. The van der Waals surface area contributed by atoms with Crippen LogP contribution in [0.15, 0.2) is 46.0 Å². The summed E-state index contributed by atoms with van der Waals surface area (Å²) in [5.41, 5.74) is -0.443. The highest BCUT2D eigenvalue weighted by Gasteiger charge is 2.72. The molecule has 3 heterocycles. The van der Waals surface area contributed by atoms with Gasteiger partial charge in [0.15, 0.2) is 0 Å². The van der Waals surface area contributed by atoms with Gasteiger partial charge in [0.25, 0.3) is 0 Å². The zero-order valence-corrected chi connectivity index (χ0v) is 24.8. The summed E-state index contributed by atoms with van der Waals surface area (Å²) in [7, 11) is 1.34. The molecule has 8 atom stereocenters. The highest BCUT2D eigenvalue weighted by Crippen LogP contribution is 2.69. The number of cyclic esters (lactones) is 1. The number of hydrogen-bond donors (Lipinski definition) is 0. The number of rotatable bonds is 5. The molecule has 1 aromatic heterocycles. The van der Waals surface area contributed by atoms with Crippen LogP contribution in [0.1, 0.15) is 73.0 Å². The van der Waals surface area contributed by atoms with Crippen molar-refractivity contribution in [2.45, 2.75) is 85.7 Å². The Morgan fingerprint density at radius 2 is 1.73 bits per heavy atom. The van der Waals surface area contributed by atoms with Gasteiger partial charge in [-0.25, -0.2) is 4.79 Å². The smallest absolute Gasteiger partial charge is 0.331 e. The van der Waals surface area contributed by atoms with Gasteiger partial charge >= 0.3 is 23.9 Å². The van der Waals surface area contributed by atoms with E-state index in [1.807, 2.05) is 27.7 Å². The van der Waals surface area contributed by atoms with Crippen molar-refractivity contribution in [3.05, 3.63) is 47.1 Å². The number of fused-ring (bicyclic) bond motifs is 4. The molecule has 222 valence electrons. The maximum Gasteiger partial charge on any atom is 0.331 e. The Labute approximate surface area is 239 Å². The summed E-state index contributed by atoms with van der Waals surface area (Å²) in [5, 5.41) is 0. The lowest BCUT2D eigenvalue weighted by molar-refractivity contribution is -0.202. The number of carbonyl (C=O) groups excluding carboxylic acids is 4. The lowest BCUT2D eigenvalue weighted by Gasteiger charge is -2.58. The minimum Gasteiger partial charge on any atom is -0.493 e. The quantitative estimate of drug-likeness (QED) is 0.366. The van der Waals surface area contributed by atoms with E-state index in [2.05, 4.69) is 6.92 Å². The molecule has 0 spiro atoms. The van der Waals surface area contributed by atoms with Crippen LogP contribution in [0.2, 0.25) is 0 Å². The summed E-state index contributed by atoms with van der Waals surface area (Å²) in [6.07, 6.45) is 2.19. The standard InChI is InChI=1S/C31H38O10/c1-15-19-11-24(35)41-27(18-9-10-37-14-18)30(19,6)28(39-17(3)33)25-26(15)40-22-13-21(38-16(2)32)29(4,5)20(31(22,25)7)12-23(34)36-8/h9-11,14,20-22,25,27-28H,12-13H2,1-8H3/t20-,21+,22-,25+,27-,28-,30+,31+/m0/s1. The number of carbonyl (C=O) groups is 4. The molecule has 5 rings (SSSR count). The molecule has 0 aromatic carbocycles. The first kappa shape index (κ1) is 29.0. The average Bonchev–Trinajstić information content (AvgIpc) is 3.52. The molecule has 10 heteroatoms. The van der Waals surface area contributed by atoms with Gasteiger partial charge in [0.05, 0.1) is 31.0 Å². The number of methoxy groups -OCH3 is 1. The van der Waals surface area contributed by atoms with Crippen LogP contribution in [-0.4, -0.2) is 49.3 Å². The summed E-state index contributed by atoms with van der Waals surface area (Å²) < 4.78 is 35.2. The third-order valence-corrected chi connectivity index (χ3v) is 10.2. The first-order chi connectivity index (χ1) is 19.2. The van der Waals surface area contributed by atoms with Gasteiger partial charge in [-0.1, -0.05) is 20.8 Å². The topological polar surface area (TPSA) is 128 Å². The maximum atomic E-state index is 12.9. The third kappa shape index (κ3) is 4.20. The molecule has 1 aromatic rings.